The first-order valence-corrected chi connectivity index (χ1v) is 6.79. The molecule has 0 aliphatic rings. The molecule has 0 atom stereocenters. The summed E-state index contributed by atoms with van der Waals surface area (Å²) in [5, 5.41) is 6.63. The van der Waals surface area contributed by atoms with Gasteiger partial charge in [0.05, 0.1) is 0 Å². The number of hydrogen-bond donors (Lipinski definition) is 2. The van der Waals surface area contributed by atoms with Crippen LogP contribution in [-0.2, 0) is 0 Å². The van der Waals surface area contributed by atoms with E-state index in [2.05, 4.69) is 60.4 Å². The molecule has 0 aliphatic heterocycles. The van der Waals surface area contributed by atoms with Gasteiger partial charge in [-0.3, -0.25) is 0 Å². The van der Waals surface area contributed by atoms with Gasteiger partial charge in [-0.05, 0) is 52.3 Å². The molecule has 0 aliphatic carbocycles. The molecule has 106 valence electrons. The fourth-order valence-corrected chi connectivity index (χ4v) is 1.82. The van der Waals surface area contributed by atoms with Gasteiger partial charge in [0, 0.05) is 23.0 Å². The van der Waals surface area contributed by atoms with E-state index in [1.165, 1.54) is 5.56 Å². The number of rotatable bonds is 3. The average molecular weight is 270 g/mol. The van der Waals surface area contributed by atoms with E-state index >= 15 is 0 Å². The molecule has 4 nitrogen and oxygen atoms in total. The molecule has 0 saturated heterocycles. The van der Waals surface area contributed by atoms with E-state index in [-0.39, 0.29) is 5.54 Å². The predicted octanol–water partition coefficient (Wildman–Crippen LogP) is 4.05. The zero-order valence-corrected chi connectivity index (χ0v) is 12.8. The third-order valence-electron chi connectivity index (χ3n) is 2.74. The summed E-state index contributed by atoms with van der Waals surface area (Å²) in [7, 11) is 0. The van der Waals surface area contributed by atoms with Gasteiger partial charge in [0.15, 0.2) is 0 Å². The molecule has 20 heavy (non-hydrogen) atoms. The lowest BCUT2D eigenvalue weighted by Gasteiger charge is -2.21. The Hall–Kier alpha value is -2.10. The predicted molar refractivity (Wildman–Crippen MR) is 84.6 cm³/mol. The average Bonchev–Trinajstić information content (AvgIpc) is 2.32. The molecule has 2 N–H and O–H groups in total. The van der Waals surface area contributed by atoms with E-state index in [4.69, 9.17) is 0 Å². The molecule has 0 amide bonds. The monoisotopic (exact) mass is 270 g/mol. The topological polar surface area (TPSA) is 49.8 Å². The molecule has 4 heteroatoms. The minimum absolute atomic E-state index is 0.0597. The summed E-state index contributed by atoms with van der Waals surface area (Å²) in [6.45, 7) is 10.3. The molecule has 1 aromatic carbocycles. The summed E-state index contributed by atoms with van der Waals surface area (Å²) in [6, 6.07) is 8.23. The van der Waals surface area contributed by atoms with Crippen LogP contribution >= 0.6 is 0 Å². The minimum atomic E-state index is -0.0597. The second kappa shape index (κ2) is 5.49. The van der Waals surface area contributed by atoms with E-state index in [0.29, 0.717) is 5.95 Å². The van der Waals surface area contributed by atoms with Crippen molar-refractivity contribution in [1.82, 2.24) is 9.97 Å². The van der Waals surface area contributed by atoms with E-state index in [0.717, 1.165) is 17.1 Å². The van der Waals surface area contributed by atoms with E-state index in [1.807, 2.05) is 25.3 Å². The van der Waals surface area contributed by atoms with Crippen LogP contribution in [0.25, 0.3) is 0 Å². The largest absolute Gasteiger partial charge is 0.350 e. The summed E-state index contributed by atoms with van der Waals surface area (Å²) in [5.41, 5.74) is 3.21. The Kier molecular flexibility index (Phi) is 3.93. The van der Waals surface area contributed by atoms with Crippen molar-refractivity contribution >= 4 is 17.5 Å². The van der Waals surface area contributed by atoms with Crippen LogP contribution in [-0.4, -0.2) is 15.5 Å². The van der Waals surface area contributed by atoms with E-state index in [9.17, 15) is 0 Å². The molecule has 2 aromatic rings. The molecule has 0 fully saturated rings. The van der Waals surface area contributed by atoms with Crippen molar-refractivity contribution in [1.29, 1.82) is 0 Å². The first kappa shape index (κ1) is 14.3. The zero-order valence-electron chi connectivity index (χ0n) is 12.8. The van der Waals surface area contributed by atoms with Crippen LogP contribution in [0.1, 0.15) is 31.9 Å². The fourth-order valence-electron chi connectivity index (χ4n) is 1.82. The Morgan fingerprint density at radius 3 is 2.50 bits per heavy atom. The van der Waals surface area contributed by atoms with Crippen molar-refractivity contribution in [3.8, 4) is 0 Å². The Labute approximate surface area is 120 Å². The van der Waals surface area contributed by atoms with Crippen molar-refractivity contribution < 1.29 is 0 Å². The van der Waals surface area contributed by atoms with Crippen LogP contribution in [0.4, 0.5) is 17.5 Å². The summed E-state index contributed by atoms with van der Waals surface area (Å²) < 4.78 is 0. The van der Waals surface area contributed by atoms with Gasteiger partial charge >= 0.3 is 0 Å². The normalized spacial score (nSPS) is 11.2. The van der Waals surface area contributed by atoms with Crippen molar-refractivity contribution in [3.05, 3.63) is 41.6 Å². The number of nitrogens with zero attached hydrogens (tertiary/aromatic N) is 2. The third-order valence-corrected chi connectivity index (χ3v) is 2.74. The molecule has 1 aromatic heterocycles. The summed E-state index contributed by atoms with van der Waals surface area (Å²) >= 11 is 0. The molecule has 0 bridgehead atoms. The van der Waals surface area contributed by atoms with Crippen LogP contribution in [0.15, 0.2) is 30.5 Å². The SMILES string of the molecule is Cc1cccc(Nc2nc(NC(C)(C)C)ncc2C)c1. The van der Waals surface area contributed by atoms with E-state index < -0.39 is 0 Å². The molecule has 0 unspecified atom stereocenters. The second-order valence-corrected chi connectivity index (χ2v) is 6.09. The first-order valence-electron chi connectivity index (χ1n) is 6.79. The lowest BCUT2D eigenvalue weighted by atomic mass is 10.1. The number of aromatic nitrogens is 2. The van der Waals surface area contributed by atoms with Gasteiger partial charge < -0.3 is 10.6 Å². The molecular formula is C16H22N4. The highest BCUT2D eigenvalue weighted by Crippen LogP contribution is 2.20. The maximum Gasteiger partial charge on any atom is 0.225 e. The standard InChI is InChI=1S/C16H22N4/c1-11-7-6-8-13(9-11)18-14-12(2)10-17-15(19-14)20-16(3,4)5/h6-10H,1-5H3,(H2,17,18,19,20). The van der Waals surface area contributed by atoms with Crippen LogP contribution < -0.4 is 10.6 Å². The van der Waals surface area contributed by atoms with Gasteiger partial charge in [-0.2, -0.15) is 4.98 Å². The van der Waals surface area contributed by atoms with Gasteiger partial charge in [-0.15, -0.1) is 0 Å². The van der Waals surface area contributed by atoms with Crippen molar-refractivity contribution in [2.24, 2.45) is 0 Å². The lowest BCUT2D eigenvalue weighted by molar-refractivity contribution is 0.626. The van der Waals surface area contributed by atoms with Gasteiger partial charge in [0.25, 0.3) is 0 Å². The van der Waals surface area contributed by atoms with Crippen molar-refractivity contribution in [2.45, 2.75) is 40.2 Å². The maximum absolute atomic E-state index is 4.55. The highest BCUT2D eigenvalue weighted by atomic mass is 15.2. The molecule has 1 heterocycles. The lowest BCUT2D eigenvalue weighted by Crippen LogP contribution is -2.27. The highest BCUT2D eigenvalue weighted by Gasteiger charge is 2.12. The van der Waals surface area contributed by atoms with Gasteiger partial charge in [-0.1, -0.05) is 12.1 Å². The number of hydrogen-bond acceptors (Lipinski definition) is 4. The van der Waals surface area contributed by atoms with Crippen LogP contribution in [0, 0.1) is 13.8 Å². The summed E-state index contributed by atoms with van der Waals surface area (Å²) in [4.78, 5) is 8.87. The quantitative estimate of drug-likeness (QED) is 0.883. The Bertz CT molecular complexity index is 600. The van der Waals surface area contributed by atoms with Gasteiger partial charge in [0.2, 0.25) is 5.95 Å². The van der Waals surface area contributed by atoms with Crippen molar-refractivity contribution in [2.75, 3.05) is 10.6 Å². The second-order valence-electron chi connectivity index (χ2n) is 6.09. The molecule has 0 radical (unpaired) electrons. The number of anilines is 3. The first-order chi connectivity index (χ1) is 9.33. The van der Waals surface area contributed by atoms with Gasteiger partial charge in [-0.25, -0.2) is 4.98 Å². The molecule has 0 spiro atoms. The zero-order chi connectivity index (χ0) is 14.8. The maximum atomic E-state index is 4.55. The third kappa shape index (κ3) is 3.95. The van der Waals surface area contributed by atoms with Crippen LogP contribution in [0.5, 0.6) is 0 Å². The molecule has 0 saturated carbocycles. The highest BCUT2D eigenvalue weighted by molar-refractivity contribution is 5.60. The number of nitrogens with one attached hydrogen (secondary N) is 2. The van der Waals surface area contributed by atoms with E-state index in [1.54, 1.807) is 0 Å². The fraction of sp³-hybridized carbons (Fsp3) is 0.375. The Morgan fingerprint density at radius 1 is 1.10 bits per heavy atom. The number of benzene rings is 1. The summed E-state index contributed by atoms with van der Waals surface area (Å²) in [6.07, 6.45) is 1.83. The number of aryl methyl sites for hydroxylation is 2. The Morgan fingerprint density at radius 2 is 1.85 bits per heavy atom. The summed E-state index contributed by atoms with van der Waals surface area (Å²) in [5.74, 6) is 1.47. The van der Waals surface area contributed by atoms with Crippen LogP contribution in [0.2, 0.25) is 0 Å². The molecular weight excluding hydrogens is 248 g/mol. The van der Waals surface area contributed by atoms with Crippen LogP contribution in [0.3, 0.4) is 0 Å². The minimum Gasteiger partial charge on any atom is -0.350 e. The Balaban J connectivity index is 2.25. The van der Waals surface area contributed by atoms with Gasteiger partial charge in [0.1, 0.15) is 5.82 Å². The van der Waals surface area contributed by atoms with Crippen molar-refractivity contribution in [3.63, 3.8) is 0 Å². The molecule has 2 rings (SSSR count). The smallest absolute Gasteiger partial charge is 0.225 e.